The first-order valence-electron chi connectivity index (χ1n) is 5.73. The van der Waals surface area contributed by atoms with Crippen LogP contribution in [-0.4, -0.2) is 9.38 Å². The molecule has 2 nitrogen and oxygen atoms in total. The Morgan fingerprint density at radius 1 is 1.16 bits per heavy atom. The molecule has 5 heteroatoms. The molecular weight excluding hydrogens is 266 g/mol. The Hall–Kier alpha value is -1.88. The maximum absolute atomic E-state index is 13.5. The standard InChI is InChI=1S/C14H10F2N2S/c15-10-4-5-13(12(16)7-10)19-9-11-8-18-6-2-1-3-14(18)17-11/h1-8H,9H2. The molecule has 0 spiro atoms. The highest BCUT2D eigenvalue weighted by Crippen LogP contribution is 2.25. The number of thioether (sulfide) groups is 1. The fraction of sp³-hybridized carbons (Fsp3) is 0.0714. The minimum Gasteiger partial charge on any atom is -0.307 e. The topological polar surface area (TPSA) is 17.3 Å². The number of benzene rings is 1. The predicted molar refractivity (Wildman–Crippen MR) is 71.1 cm³/mol. The average molecular weight is 276 g/mol. The van der Waals surface area contributed by atoms with E-state index in [1.54, 1.807) is 0 Å². The molecule has 0 atom stereocenters. The van der Waals surface area contributed by atoms with E-state index in [9.17, 15) is 8.78 Å². The van der Waals surface area contributed by atoms with Crippen LogP contribution in [0.2, 0.25) is 0 Å². The first-order valence-corrected chi connectivity index (χ1v) is 6.71. The molecule has 1 aromatic carbocycles. The van der Waals surface area contributed by atoms with Crippen LogP contribution in [0.5, 0.6) is 0 Å². The van der Waals surface area contributed by atoms with Crippen LogP contribution < -0.4 is 0 Å². The summed E-state index contributed by atoms with van der Waals surface area (Å²) >= 11 is 1.31. The van der Waals surface area contributed by atoms with Crippen LogP contribution in [0.25, 0.3) is 5.65 Å². The van der Waals surface area contributed by atoms with Crippen molar-refractivity contribution in [3.8, 4) is 0 Å². The van der Waals surface area contributed by atoms with E-state index in [1.165, 1.54) is 23.9 Å². The summed E-state index contributed by atoms with van der Waals surface area (Å²) in [5, 5.41) is 0. The molecule has 19 heavy (non-hydrogen) atoms. The highest BCUT2D eigenvalue weighted by Gasteiger charge is 2.06. The van der Waals surface area contributed by atoms with Crippen LogP contribution in [0.15, 0.2) is 53.7 Å². The first-order chi connectivity index (χ1) is 9.22. The molecule has 0 fully saturated rings. The lowest BCUT2D eigenvalue weighted by atomic mass is 10.3. The number of fused-ring (bicyclic) bond motifs is 1. The third-order valence-electron chi connectivity index (χ3n) is 2.68. The Labute approximate surface area is 113 Å². The molecular formula is C14H10F2N2S. The maximum Gasteiger partial charge on any atom is 0.139 e. The van der Waals surface area contributed by atoms with Crippen molar-refractivity contribution in [3.63, 3.8) is 0 Å². The SMILES string of the molecule is Fc1ccc(SCc2cn3ccccc3n2)c(F)c1. The van der Waals surface area contributed by atoms with Gasteiger partial charge in [0.2, 0.25) is 0 Å². The fourth-order valence-corrected chi connectivity index (χ4v) is 2.60. The third-order valence-corrected chi connectivity index (χ3v) is 3.77. The van der Waals surface area contributed by atoms with Gasteiger partial charge in [-0.25, -0.2) is 13.8 Å². The number of rotatable bonds is 3. The lowest BCUT2D eigenvalue weighted by Gasteiger charge is -2.01. The second-order valence-corrected chi connectivity index (χ2v) is 5.08. The zero-order valence-electron chi connectivity index (χ0n) is 9.88. The van der Waals surface area contributed by atoms with E-state index in [4.69, 9.17) is 0 Å². The summed E-state index contributed by atoms with van der Waals surface area (Å²) in [5.41, 5.74) is 1.72. The van der Waals surface area contributed by atoms with Crippen LogP contribution in [-0.2, 0) is 5.75 Å². The number of pyridine rings is 1. The van der Waals surface area contributed by atoms with E-state index in [0.29, 0.717) is 10.6 Å². The maximum atomic E-state index is 13.5. The Bertz CT molecular complexity index is 691. The van der Waals surface area contributed by atoms with Crippen LogP contribution >= 0.6 is 11.8 Å². The molecule has 0 aliphatic rings. The second-order valence-electron chi connectivity index (χ2n) is 4.06. The highest BCUT2D eigenvalue weighted by molar-refractivity contribution is 7.98. The third kappa shape index (κ3) is 2.61. The van der Waals surface area contributed by atoms with Gasteiger partial charge in [0, 0.05) is 29.1 Å². The molecule has 2 heterocycles. The summed E-state index contributed by atoms with van der Waals surface area (Å²) in [4.78, 5) is 4.85. The Morgan fingerprint density at radius 3 is 2.84 bits per heavy atom. The minimum atomic E-state index is -0.561. The van der Waals surface area contributed by atoms with E-state index in [2.05, 4.69) is 4.98 Å². The van der Waals surface area contributed by atoms with E-state index in [0.717, 1.165) is 17.4 Å². The van der Waals surface area contributed by atoms with Gasteiger partial charge in [0.15, 0.2) is 0 Å². The Morgan fingerprint density at radius 2 is 2.05 bits per heavy atom. The van der Waals surface area contributed by atoms with Gasteiger partial charge in [0.05, 0.1) is 5.69 Å². The summed E-state index contributed by atoms with van der Waals surface area (Å²) in [6, 6.07) is 9.35. The number of hydrogen-bond acceptors (Lipinski definition) is 2. The van der Waals surface area contributed by atoms with Gasteiger partial charge in [-0.1, -0.05) is 6.07 Å². The van der Waals surface area contributed by atoms with Crippen LogP contribution in [0.3, 0.4) is 0 Å². The molecule has 0 radical (unpaired) electrons. The first kappa shape index (κ1) is 12.2. The molecule has 0 unspecified atom stereocenters. The minimum absolute atomic E-state index is 0.429. The molecule has 0 aliphatic carbocycles. The molecule has 2 aromatic heterocycles. The smallest absolute Gasteiger partial charge is 0.139 e. The zero-order chi connectivity index (χ0) is 13.2. The average Bonchev–Trinajstić information content (AvgIpc) is 2.80. The molecule has 0 aliphatic heterocycles. The van der Waals surface area contributed by atoms with Crippen LogP contribution in [0.4, 0.5) is 8.78 Å². The van der Waals surface area contributed by atoms with Crippen molar-refractivity contribution in [1.29, 1.82) is 0 Å². The largest absolute Gasteiger partial charge is 0.307 e. The summed E-state index contributed by atoms with van der Waals surface area (Å²) < 4.78 is 28.2. The van der Waals surface area contributed by atoms with Crippen molar-refractivity contribution in [2.75, 3.05) is 0 Å². The molecule has 0 saturated carbocycles. The molecule has 3 rings (SSSR count). The molecule has 0 amide bonds. The molecule has 0 saturated heterocycles. The van der Waals surface area contributed by atoms with E-state index in [1.807, 2.05) is 35.0 Å². The number of aromatic nitrogens is 2. The normalized spacial score (nSPS) is 11.1. The predicted octanol–water partition coefficient (Wildman–Crippen LogP) is 3.90. The number of nitrogens with zero attached hydrogens (tertiary/aromatic N) is 2. The van der Waals surface area contributed by atoms with E-state index in [-0.39, 0.29) is 0 Å². The summed E-state index contributed by atoms with van der Waals surface area (Å²) in [6.07, 6.45) is 3.82. The summed E-state index contributed by atoms with van der Waals surface area (Å²) in [6.45, 7) is 0. The number of imidazole rings is 1. The molecule has 3 aromatic rings. The zero-order valence-corrected chi connectivity index (χ0v) is 10.7. The fourth-order valence-electron chi connectivity index (χ4n) is 1.80. The number of hydrogen-bond donors (Lipinski definition) is 0. The van der Waals surface area contributed by atoms with Gasteiger partial charge in [-0.05, 0) is 24.3 Å². The molecule has 96 valence electrons. The summed E-state index contributed by atoms with van der Waals surface area (Å²) in [7, 11) is 0. The van der Waals surface area contributed by atoms with Crippen molar-refractivity contribution in [2.45, 2.75) is 10.6 Å². The van der Waals surface area contributed by atoms with Gasteiger partial charge in [0.25, 0.3) is 0 Å². The Balaban J connectivity index is 1.78. The van der Waals surface area contributed by atoms with Crippen molar-refractivity contribution in [3.05, 3.63) is 66.1 Å². The molecule has 0 N–H and O–H groups in total. The summed E-state index contributed by atoms with van der Waals surface area (Å²) in [5.74, 6) is -0.548. The number of halogens is 2. The van der Waals surface area contributed by atoms with Gasteiger partial charge in [-0.2, -0.15) is 0 Å². The van der Waals surface area contributed by atoms with Crippen molar-refractivity contribution >= 4 is 17.4 Å². The quantitative estimate of drug-likeness (QED) is 0.675. The van der Waals surface area contributed by atoms with Crippen molar-refractivity contribution in [1.82, 2.24) is 9.38 Å². The van der Waals surface area contributed by atoms with Crippen molar-refractivity contribution in [2.24, 2.45) is 0 Å². The van der Waals surface area contributed by atoms with Gasteiger partial charge in [-0.3, -0.25) is 0 Å². The van der Waals surface area contributed by atoms with Crippen LogP contribution in [0, 0.1) is 11.6 Å². The molecule has 0 bridgehead atoms. The lowest BCUT2D eigenvalue weighted by Crippen LogP contribution is -1.85. The van der Waals surface area contributed by atoms with Crippen molar-refractivity contribution < 1.29 is 8.78 Å². The van der Waals surface area contributed by atoms with E-state index < -0.39 is 11.6 Å². The highest BCUT2D eigenvalue weighted by atomic mass is 32.2. The van der Waals surface area contributed by atoms with Gasteiger partial charge >= 0.3 is 0 Å². The monoisotopic (exact) mass is 276 g/mol. The van der Waals surface area contributed by atoms with Gasteiger partial charge in [-0.15, -0.1) is 11.8 Å². The van der Waals surface area contributed by atoms with Gasteiger partial charge < -0.3 is 4.40 Å². The van der Waals surface area contributed by atoms with Gasteiger partial charge in [0.1, 0.15) is 17.3 Å². The second kappa shape index (κ2) is 5.01. The lowest BCUT2D eigenvalue weighted by molar-refractivity contribution is 0.565. The van der Waals surface area contributed by atoms with E-state index >= 15 is 0 Å². The Kier molecular flexibility index (Phi) is 3.21. The van der Waals surface area contributed by atoms with Crippen LogP contribution in [0.1, 0.15) is 5.69 Å².